The molecule has 6 heteroatoms. The molecule has 0 radical (unpaired) electrons. The molecule has 0 aromatic heterocycles. The van der Waals surface area contributed by atoms with Gasteiger partial charge in [0.1, 0.15) is 0 Å². The fourth-order valence-corrected chi connectivity index (χ4v) is 0.912. The smallest absolute Gasteiger partial charge is 0.370 e. The van der Waals surface area contributed by atoms with Gasteiger partial charge < -0.3 is 10.2 Å². The number of carboxylic acid groups (broad SMARTS) is 1. The molecule has 15 heavy (non-hydrogen) atoms. The molecule has 0 unspecified atom stereocenters. The Hall–Kier alpha value is -2.37. The van der Waals surface area contributed by atoms with Crippen LogP contribution in [0.15, 0.2) is 30.0 Å². The summed E-state index contributed by atoms with van der Waals surface area (Å²) < 4.78 is 0. The van der Waals surface area contributed by atoms with Crippen LogP contribution in [0.1, 0.15) is 5.56 Å². The van der Waals surface area contributed by atoms with Gasteiger partial charge in [-0.05, 0) is 23.8 Å². The van der Waals surface area contributed by atoms with E-state index in [2.05, 4.69) is 0 Å². The lowest BCUT2D eigenvalue weighted by molar-refractivity contribution is -0.384. The number of nitro groups is 1. The molecule has 0 fully saturated rings. The molecular formula is C9H7NO5. The Morgan fingerprint density at radius 2 is 1.80 bits per heavy atom. The van der Waals surface area contributed by atoms with E-state index in [0.717, 1.165) is 6.08 Å². The number of aliphatic carboxylic acids is 1. The summed E-state index contributed by atoms with van der Waals surface area (Å²) in [4.78, 5) is 20.0. The molecule has 0 aliphatic carbocycles. The van der Waals surface area contributed by atoms with Gasteiger partial charge in [-0.25, -0.2) is 4.79 Å². The number of benzene rings is 1. The molecule has 6 nitrogen and oxygen atoms in total. The van der Waals surface area contributed by atoms with E-state index >= 15 is 0 Å². The van der Waals surface area contributed by atoms with Crippen LogP contribution < -0.4 is 0 Å². The maximum atomic E-state index is 10.3. The van der Waals surface area contributed by atoms with Gasteiger partial charge in [-0.2, -0.15) is 0 Å². The minimum atomic E-state index is -1.45. The molecule has 0 bridgehead atoms. The first-order valence-corrected chi connectivity index (χ1v) is 3.89. The molecule has 0 aliphatic heterocycles. The summed E-state index contributed by atoms with van der Waals surface area (Å²) in [7, 11) is 0. The maximum absolute atomic E-state index is 10.3. The van der Waals surface area contributed by atoms with Crippen molar-refractivity contribution in [2.24, 2.45) is 0 Å². The monoisotopic (exact) mass is 209 g/mol. The first kappa shape index (κ1) is 10.7. The van der Waals surface area contributed by atoms with Crippen molar-refractivity contribution in [2.75, 3.05) is 0 Å². The average Bonchev–Trinajstić information content (AvgIpc) is 2.18. The van der Waals surface area contributed by atoms with Gasteiger partial charge in [-0.1, -0.05) is 0 Å². The zero-order valence-electron chi connectivity index (χ0n) is 7.45. The lowest BCUT2D eigenvalue weighted by Gasteiger charge is -1.94. The number of hydrogen-bond acceptors (Lipinski definition) is 4. The lowest BCUT2D eigenvalue weighted by atomic mass is 10.2. The summed E-state index contributed by atoms with van der Waals surface area (Å²) in [6.45, 7) is 0. The highest BCUT2D eigenvalue weighted by molar-refractivity contribution is 5.89. The topological polar surface area (TPSA) is 101 Å². The Kier molecular flexibility index (Phi) is 3.02. The van der Waals surface area contributed by atoms with Crippen LogP contribution in [0.2, 0.25) is 0 Å². The summed E-state index contributed by atoms with van der Waals surface area (Å²) in [6.07, 6.45) is 1.01. The van der Waals surface area contributed by atoms with Crippen molar-refractivity contribution >= 4 is 17.7 Å². The fourth-order valence-electron chi connectivity index (χ4n) is 0.912. The van der Waals surface area contributed by atoms with E-state index < -0.39 is 16.7 Å². The predicted molar refractivity (Wildman–Crippen MR) is 51.3 cm³/mol. The molecule has 0 spiro atoms. The van der Waals surface area contributed by atoms with E-state index in [1.807, 2.05) is 0 Å². The minimum Gasteiger partial charge on any atom is -0.502 e. The lowest BCUT2D eigenvalue weighted by Crippen LogP contribution is -1.98. The molecule has 0 aliphatic rings. The number of aliphatic hydroxyl groups is 1. The van der Waals surface area contributed by atoms with Crippen molar-refractivity contribution in [3.63, 3.8) is 0 Å². The van der Waals surface area contributed by atoms with Crippen LogP contribution in [0.25, 0.3) is 6.08 Å². The summed E-state index contributed by atoms with van der Waals surface area (Å²) in [5, 5.41) is 27.5. The molecule has 1 rings (SSSR count). The predicted octanol–water partition coefficient (Wildman–Crippen LogP) is 1.58. The number of carbonyl (C=O) groups is 1. The number of non-ortho nitro benzene ring substituents is 1. The quantitative estimate of drug-likeness (QED) is 0.340. The number of rotatable bonds is 3. The summed E-state index contributed by atoms with van der Waals surface area (Å²) in [5.41, 5.74) is 0.280. The number of carboxylic acids is 1. The third-order valence-electron chi connectivity index (χ3n) is 1.63. The molecule has 1 aromatic carbocycles. The van der Waals surface area contributed by atoms with Gasteiger partial charge in [0.2, 0.25) is 5.76 Å². The van der Waals surface area contributed by atoms with E-state index in [9.17, 15) is 14.9 Å². The Bertz CT molecular complexity index is 421. The third kappa shape index (κ3) is 2.80. The first-order chi connectivity index (χ1) is 7.00. The molecule has 0 saturated heterocycles. The van der Waals surface area contributed by atoms with Crippen LogP contribution >= 0.6 is 0 Å². The summed E-state index contributed by atoms with van der Waals surface area (Å²) >= 11 is 0. The van der Waals surface area contributed by atoms with Crippen LogP contribution in [0.3, 0.4) is 0 Å². The van der Waals surface area contributed by atoms with Crippen molar-refractivity contribution in [2.45, 2.75) is 0 Å². The Labute approximate surface area is 84.2 Å². The van der Waals surface area contributed by atoms with Crippen molar-refractivity contribution in [1.29, 1.82) is 0 Å². The van der Waals surface area contributed by atoms with Gasteiger partial charge in [-0.15, -0.1) is 0 Å². The standard InChI is InChI=1S/C9H7NO5/c11-8(9(12)13)5-6-1-3-7(4-2-6)10(14)15/h1-5,11H,(H,12,13)/b8-5-. The van der Waals surface area contributed by atoms with Crippen LogP contribution in [-0.2, 0) is 4.79 Å². The number of nitro benzene ring substituents is 1. The zero-order chi connectivity index (χ0) is 11.4. The van der Waals surface area contributed by atoms with Crippen LogP contribution in [0.5, 0.6) is 0 Å². The summed E-state index contributed by atoms with van der Waals surface area (Å²) in [5.74, 6) is -2.27. The van der Waals surface area contributed by atoms with E-state index in [0.29, 0.717) is 5.56 Å². The highest BCUT2D eigenvalue weighted by atomic mass is 16.6. The number of aliphatic hydroxyl groups excluding tert-OH is 1. The van der Waals surface area contributed by atoms with Crippen molar-refractivity contribution in [1.82, 2.24) is 0 Å². The SMILES string of the molecule is O=C(O)/C(O)=C/c1ccc([N+](=O)[O-])cc1. The molecule has 2 N–H and O–H groups in total. The van der Waals surface area contributed by atoms with Gasteiger partial charge in [0.05, 0.1) is 4.92 Å². The van der Waals surface area contributed by atoms with E-state index in [1.54, 1.807) is 0 Å². The largest absolute Gasteiger partial charge is 0.502 e. The van der Waals surface area contributed by atoms with E-state index in [-0.39, 0.29) is 5.69 Å². The van der Waals surface area contributed by atoms with Crippen molar-refractivity contribution < 1.29 is 19.9 Å². The van der Waals surface area contributed by atoms with Crippen LogP contribution in [0, 0.1) is 10.1 Å². The molecular weight excluding hydrogens is 202 g/mol. The highest BCUT2D eigenvalue weighted by Gasteiger charge is 2.06. The number of hydrogen-bond donors (Lipinski definition) is 2. The highest BCUT2D eigenvalue weighted by Crippen LogP contribution is 2.13. The van der Waals surface area contributed by atoms with E-state index in [1.165, 1.54) is 24.3 Å². The number of nitrogens with zero attached hydrogens (tertiary/aromatic N) is 1. The zero-order valence-corrected chi connectivity index (χ0v) is 7.45. The second-order valence-electron chi connectivity index (χ2n) is 2.68. The molecule has 1 aromatic rings. The molecule has 78 valence electrons. The van der Waals surface area contributed by atoms with Gasteiger partial charge >= 0.3 is 5.97 Å². The molecule has 0 atom stereocenters. The van der Waals surface area contributed by atoms with Crippen molar-refractivity contribution in [3.8, 4) is 0 Å². The van der Waals surface area contributed by atoms with E-state index in [4.69, 9.17) is 10.2 Å². The summed E-state index contributed by atoms with van der Waals surface area (Å²) in [6, 6.07) is 5.14. The Morgan fingerprint density at radius 1 is 1.27 bits per heavy atom. The Morgan fingerprint density at radius 3 is 2.20 bits per heavy atom. The van der Waals surface area contributed by atoms with Crippen LogP contribution in [-0.4, -0.2) is 21.1 Å². The minimum absolute atomic E-state index is 0.0954. The second-order valence-corrected chi connectivity index (χ2v) is 2.68. The van der Waals surface area contributed by atoms with Crippen LogP contribution in [0.4, 0.5) is 5.69 Å². The fraction of sp³-hybridized carbons (Fsp3) is 0. The normalized spacial score (nSPS) is 11.1. The average molecular weight is 209 g/mol. The molecule has 0 saturated carbocycles. The van der Waals surface area contributed by atoms with Crippen molar-refractivity contribution in [3.05, 3.63) is 45.7 Å². The van der Waals surface area contributed by atoms with Gasteiger partial charge in [-0.3, -0.25) is 10.1 Å². The molecule has 0 heterocycles. The Balaban J connectivity index is 2.95. The van der Waals surface area contributed by atoms with Gasteiger partial charge in [0.25, 0.3) is 5.69 Å². The second kappa shape index (κ2) is 4.23. The van der Waals surface area contributed by atoms with Gasteiger partial charge in [0.15, 0.2) is 0 Å². The third-order valence-corrected chi connectivity index (χ3v) is 1.63. The van der Waals surface area contributed by atoms with Gasteiger partial charge in [0, 0.05) is 12.1 Å². The maximum Gasteiger partial charge on any atom is 0.370 e. The first-order valence-electron chi connectivity index (χ1n) is 3.89. The molecule has 0 amide bonds.